The molecule has 0 radical (unpaired) electrons. The number of allylic oxidation sites excluding steroid dienone is 1. The fourth-order valence-corrected chi connectivity index (χ4v) is 3.54. The van der Waals surface area contributed by atoms with Crippen LogP contribution in [0, 0.1) is 0 Å². The Morgan fingerprint density at radius 2 is 2.00 bits per heavy atom. The zero-order valence-electron chi connectivity index (χ0n) is 16.5. The lowest BCUT2D eigenvalue weighted by Crippen LogP contribution is -2.08. The van der Waals surface area contributed by atoms with E-state index in [4.69, 9.17) is 9.15 Å². The van der Waals surface area contributed by atoms with Gasteiger partial charge in [-0.2, -0.15) is 0 Å². The number of nitrogens with zero attached hydrogens (tertiary/aromatic N) is 1. The van der Waals surface area contributed by atoms with E-state index in [1.54, 1.807) is 44.0 Å². The van der Waals surface area contributed by atoms with Crippen LogP contribution in [0.25, 0.3) is 27.7 Å². The molecule has 1 amide bonds. The number of fused-ring (bicyclic) bond motifs is 1. The Balaban J connectivity index is 1.72. The van der Waals surface area contributed by atoms with Gasteiger partial charge < -0.3 is 14.5 Å². The number of ether oxygens (including phenoxy) is 1. The molecule has 0 saturated heterocycles. The van der Waals surface area contributed by atoms with Crippen molar-refractivity contribution in [3.05, 3.63) is 83.3 Å². The number of methoxy groups -OCH3 is 1. The number of carbonyl (C=O) groups excluding carboxylic acids is 1. The summed E-state index contributed by atoms with van der Waals surface area (Å²) in [6.45, 7) is 1.88. The Kier molecular flexibility index (Phi) is 5.68. The normalized spacial score (nSPS) is 11.5. The van der Waals surface area contributed by atoms with Crippen LogP contribution in [-0.2, 0) is 4.79 Å². The van der Waals surface area contributed by atoms with Gasteiger partial charge in [-0.15, -0.1) is 0 Å². The minimum atomic E-state index is -0.233. The van der Waals surface area contributed by atoms with Crippen LogP contribution in [-0.4, -0.2) is 18.0 Å². The standard InChI is InChI=1S/C24H19BrN2O3/c1-15(10-24(28)27-18-4-3-9-26-13-18)19-11-20-21(16-5-7-17(25)8-6-16)14-30-23(20)12-22(19)29-2/h3-14H,1-2H3,(H,27,28)/b15-10+. The fourth-order valence-electron chi connectivity index (χ4n) is 3.27. The Morgan fingerprint density at radius 1 is 1.20 bits per heavy atom. The molecule has 2 heterocycles. The highest BCUT2D eigenvalue weighted by molar-refractivity contribution is 9.10. The zero-order chi connectivity index (χ0) is 21.1. The minimum Gasteiger partial charge on any atom is -0.496 e. The smallest absolute Gasteiger partial charge is 0.248 e. The maximum absolute atomic E-state index is 12.5. The van der Waals surface area contributed by atoms with E-state index in [-0.39, 0.29) is 5.91 Å². The summed E-state index contributed by atoms with van der Waals surface area (Å²) in [5.41, 5.74) is 4.99. The Morgan fingerprint density at radius 3 is 2.70 bits per heavy atom. The number of nitrogens with one attached hydrogen (secondary N) is 1. The molecule has 5 nitrogen and oxygen atoms in total. The molecule has 0 fully saturated rings. The highest BCUT2D eigenvalue weighted by Crippen LogP contribution is 2.37. The third-order valence-electron chi connectivity index (χ3n) is 4.75. The summed E-state index contributed by atoms with van der Waals surface area (Å²) in [4.78, 5) is 16.5. The predicted molar refractivity (Wildman–Crippen MR) is 122 cm³/mol. The van der Waals surface area contributed by atoms with Gasteiger partial charge in [-0.25, -0.2) is 0 Å². The number of aromatic nitrogens is 1. The average Bonchev–Trinajstić information content (AvgIpc) is 3.16. The summed E-state index contributed by atoms with van der Waals surface area (Å²) in [7, 11) is 1.60. The molecule has 0 atom stereocenters. The molecule has 0 aliphatic rings. The molecule has 30 heavy (non-hydrogen) atoms. The number of hydrogen-bond donors (Lipinski definition) is 1. The average molecular weight is 463 g/mol. The highest BCUT2D eigenvalue weighted by Gasteiger charge is 2.15. The van der Waals surface area contributed by atoms with E-state index >= 15 is 0 Å². The van der Waals surface area contributed by atoms with Crippen molar-refractivity contribution in [2.24, 2.45) is 0 Å². The van der Waals surface area contributed by atoms with E-state index in [1.165, 1.54) is 0 Å². The molecule has 0 aliphatic carbocycles. The van der Waals surface area contributed by atoms with Crippen LogP contribution in [0.2, 0.25) is 0 Å². The molecular weight excluding hydrogens is 444 g/mol. The van der Waals surface area contributed by atoms with E-state index in [9.17, 15) is 4.79 Å². The maximum Gasteiger partial charge on any atom is 0.248 e. The number of pyridine rings is 1. The van der Waals surface area contributed by atoms with Gasteiger partial charge in [0.1, 0.15) is 11.3 Å². The number of amides is 1. The number of benzene rings is 2. The third-order valence-corrected chi connectivity index (χ3v) is 5.28. The summed E-state index contributed by atoms with van der Waals surface area (Å²) in [5.74, 6) is 0.408. The lowest BCUT2D eigenvalue weighted by atomic mass is 9.99. The van der Waals surface area contributed by atoms with Gasteiger partial charge in [0.05, 0.1) is 25.3 Å². The van der Waals surface area contributed by atoms with Crippen molar-refractivity contribution in [3.63, 3.8) is 0 Å². The molecule has 0 aliphatic heterocycles. The number of anilines is 1. The van der Waals surface area contributed by atoms with Gasteiger partial charge in [-0.3, -0.25) is 9.78 Å². The molecule has 150 valence electrons. The van der Waals surface area contributed by atoms with Gasteiger partial charge in [-0.05, 0) is 48.4 Å². The monoisotopic (exact) mass is 462 g/mol. The zero-order valence-corrected chi connectivity index (χ0v) is 18.1. The molecule has 0 bridgehead atoms. The minimum absolute atomic E-state index is 0.233. The molecule has 0 saturated carbocycles. The highest BCUT2D eigenvalue weighted by atomic mass is 79.9. The van der Waals surface area contributed by atoms with Crippen LogP contribution < -0.4 is 10.1 Å². The fraction of sp³-hybridized carbons (Fsp3) is 0.0833. The van der Waals surface area contributed by atoms with Gasteiger partial charge in [0.25, 0.3) is 0 Å². The Hall–Kier alpha value is -3.38. The van der Waals surface area contributed by atoms with Crippen molar-refractivity contribution in [3.8, 4) is 16.9 Å². The number of halogens is 1. The summed E-state index contributed by atoms with van der Waals surface area (Å²) >= 11 is 3.47. The van der Waals surface area contributed by atoms with Crippen molar-refractivity contribution < 1.29 is 13.9 Å². The van der Waals surface area contributed by atoms with Crippen LogP contribution in [0.5, 0.6) is 5.75 Å². The lowest BCUT2D eigenvalue weighted by Gasteiger charge is -2.10. The summed E-state index contributed by atoms with van der Waals surface area (Å²) < 4.78 is 12.3. The second kappa shape index (κ2) is 8.55. The van der Waals surface area contributed by atoms with E-state index < -0.39 is 0 Å². The molecular formula is C24H19BrN2O3. The molecule has 2 aromatic carbocycles. The lowest BCUT2D eigenvalue weighted by molar-refractivity contribution is -0.111. The quantitative estimate of drug-likeness (QED) is 0.353. The maximum atomic E-state index is 12.5. The second-order valence-electron chi connectivity index (χ2n) is 6.76. The van der Waals surface area contributed by atoms with Crippen LogP contribution >= 0.6 is 15.9 Å². The molecule has 1 N–H and O–H groups in total. The van der Waals surface area contributed by atoms with Crippen LogP contribution in [0.1, 0.15) is 12.5 Å². The van der Waals surface area contributed by atoms with Crippen molar-refractivity contribution >= 4 is 44.1 Å². The van der Waals surface area contributed by atoms with Crippen LogP contribution in [0.15, 0.2) is 82.2 Å². The van der Waals surface area contributed by atoms with Gasteiger partial charge in [0.15, 0.2) is 0 Å². The molecule has 0 spiro atoms. The topological polar surface area (TPSA) is 64.4 Å². The molecule has 2 aromatic heterocycles. The molecule has 6 heteroatoms. The predicted octanol–water partition coefficient (Wildman–Crippen LogP) is 6.31. The van der Waals surface area contributed by atoms with E-state index in [0.29, 0.717) is 11.4 Å². The van der Waals surface area contributed by atoms with Crippen molar-refractivity contribution in [2.75, 3.05) is 12.4 Å². The Bertz CT molecular complexity index is 1230. The van der Waals surface area contributed by atoms with Gasteiger partial charge in [-0.1, -0.05) is 28.1 Å². The molecule has 0 unspecified atom stereocenters. The number of carbonyl (C=O) groups is 1. The van der Waals surface area contributed by atoms with Gasteiger partial charge in [0.2, 0.25) is 5.91 Å². The van der Waals surface area contributed by atoms with Gasteiger partial charge in [0, 0.05) is 39.3 Å². The molecule has 4 rings (SSSR count). The van der Waals surface area contributed by atoms with E-state index in [1.807, 2.05) is 43.3 Å². The Labute approximate surface area is 182 Å². The summed E-state index contributed by atoms with van der Waals surface area (Å²) in [6, 6.07) is 15.5. The number of hydrogen-bond acceptors (Lipinski definition) is 4. The first-order valence-electron chi connectivity index (χ1n) is 9.30. The SMILES string of the molecule is COc1cc2occ(-c3ccc(Br)cc3)c2cc1/C(C)=C/C(=O)Nc1cccnc1. The van der Waals surface area contributed by atoms with Crippen LogP contribution in [0.4, 0.5) is 5.69 Å². The van der Waals surface area contributed by atoms with E-state index in [0.717, 1.165) is 37.7 Å². The van der Waals surface area contributed by atoms with Gasteiger partial charge >= 0.3 is 0 Å². The summed E-state index contributed by atoms with van der Waals surface area (Å²) in [6.07, 6.45) is 6.55. The van der Waals surface area contributed by atoms with Crippen molar-refractivity contribution in [1.29, 1.82) is 0 Å². The summed E-state index contributed by atoms with van der Waals surface area (Å²) in [5, 5.41) is 3.77. The number of rotatable bonds is 5. The van der Waals surface area contributed by atoms with E-state index in [2.05, 4.69) is 26.2 Å². The second-order valence-corrected chi connectivity index (χ2v) is 7.68. The first-order valence-corrected chi connectivity index (χ1v) is 10.1. The number of furan rings is 1. The van der Waals surface area contributed by atoms with Crippen molar-refractivity contribution in [2.45, 2.75) is 6.92 Å². The first-order chi connectivity index (χ1) is 14.5. The first kappa shape index (κ1) is 19.9. The van der Waals surface area contributed by atoms with Crippen LogP contribution in [0.3, 0.4) is 0 Å². The molecule has 4 aromatic rings. The third kappa shape index (κ3) is 4.14. The largest absolute Gasteiger partial charge is 0.496 e. The van der Waals surface area contributed by atoms with Crippen molar-refractivity contribution in [1.82, 2.24) is 4.98 Å².